The van der Waals surface area contributed by atoms with Gasteiger partial charge in [0.15, 0.2) is 0 Å². The van der Waals surface area contributed by atoms with Crippen molar-refractivity contribution in [1.82, 2.24) is 0 Å². The molecule has 0 fully saturated rings. The van der Waals surface area contributed by atoms with Gasteiger partial charge in [-0.3, -0.25) is 14.9 Å². The minimum atomic E-state index is -0.463. The van der Waals surface area contributed by atoms with Crippen LogP contribution in [0.2, 0.25) is 0 Å². The van der Waals surface area contributed by atoms with E-state index >= 15 is 0 Å². The Balaban J connectivity index is 2.38. The summed E-state index contributed by atoms with van der Waals surface area (Å²) >= 11 is 5.59. The maximum absolute atomic E-state index is 11.6. The van der Waals surface area contributed by atoms with Crippen molar-refractivity contribution in [2.45, 2.75) is 6.42 Å². The summed E-state index contributed by atoms with van der Waals surface area (Å²) in [7, 11) is 0. The van der Waals surface area contributed by atoms with E-state index in [1.807, 2.05) is 0 Å². The fraction of sp³-hybridized carbons (Fsp3) is 0.300. The van der Waals surface area contributed by atoms with Gasteiger partial charge in [0.25, 0.3) is 5.69 Å². The van der Waals surface area contributed by atoms with Crippen LogP contribution in [-0.2, 0) is 11.2 Å². The number of carbonyl (C=O) groups excluding carboxylic acids is 1. The highest BCUT2D eigenvalue weighted by Crippen LogP contribution is 2.31. The van der Waals surface area contributed by atoms with Gasteiger partial charge in [0.05, 0.1) is 11.3 Å². The molecular weight excluding hydrogens is 232 g/mol. The number of nitro groups is 1. The maximum atomic E-state index is 11.6. The van der Waals surface area contributed by atoms with E-state index in [0.29, 0.717) is 18.0 Å². The molecule has 1 aliphatic rings. The predicted octanol–water partition coefficient (Wildman–Crippen LogP) is 1.72. The summed E-state index contributed by atoms with van der Waals surface area (Å²) in [5, 5.41) is 10.6. The number of fused-ring (bicyclic) bond motifs is 1. The van der Waals surface area contributed by atoms with Crippen LogP contribution in [0.3, 0.4) is 0 Å². The lowest BCUT2D eigenvalue weighted by Gasteiger charge is -2.15. The highest BCUT2D eigenvalue weighted by molar-refractivity contribution is 6.18. The third-order valence-electron chi connectivity index (χ3n) is 2.52. The number of hydrogen-bond acceptors (Lipinski definition) is 3. The van der Waals surface area contributed by atoms with E-state index < -0.39 is 4.92 Å². The first-order chi connectivity index (χ1) is 7.63. The molecule has 6 heteroatoms. The number of rotatable bonds is 3. The molecule has 1 aromatic rings. The van der Waals surface area contributed by atoms with Crippen LogP contribution in [0, 0.1) is 10.1 Å². The van der Waals surface area contributed by atoms with Crippen molar-refractivity contribution in [2.75, 3.05) is 17.3 Å². The minimum absolute atomic E-state index is 0.0132. The zero-order valence-electron chi connectivity index (χ0n) is 8.35. The molecule has 1 aliphatic heterocycles. The average Bonchev–Trinajstić information content (AvgIpc) is 2.55. The summed E-state index contributed by atoms with van der Waals surface area (Å²) in [6.07, 6.45) is 0.216. The van der Waals surface area contributed by atoms with Gasteiger partial charge in [-0.2, -0.15) is 0 Å². The highest BCUT2D eigenvalue weighted by Gasteiger charge is 2.28. The van der Waals surface area contributed by atoms with Gasteiger partial charge >= 0.3 is 0 Å². The van der Waals surface area contributed by atoms with Gasteiger partial charge in [-0.25, -0.2) is 0 Å². The quantitative estimate of drug-likeness (QED) is 0.459. The number of halogens is 1. The summed E-state index contributed by atoms with van der Waals surface area (Å²) in [6.45, 7) is 0.436. The van der Waals surface area contributed by atoms with Crippen molar-refractivity contribution >= 4 is 28.9 Å². The van der Waals surface area contributed by atoms with Crippen molar-refractivity contribution < 1.29 is 9.72 Å². The Morgan fingerprint density at radius 3 is 2.88 bits per heavy atom. The van der Waals surface area contributed by atoms with Crippen molar-refractivity contribution in [1.29, 1.82) is 0 Å². The number of carbonyl (C=O) groups is 1. The Bertz CT molecular complexity index is 461. The second-order valence-electron chi connectivity index (χ2n) is 3.48. The van der Waals surface area contributed by atoms with E-state index in [9.17, 15) is 14.9 Å². The number of alkyl halides is 1. The molecule has 0 radical (unpaired) electrons. The molecule has 1 amide bonds. The SMILES string of the molecule is O=C1Cc2cc([N+](=O)[O-])ccc2N1CCCl. The van der Waals surface area contributed by atoms with Crippen LogP contribution in [0.25, 0.3) is 0 Å². The zero-order valence-corrected chi connectivity index (χ0v) is 9.11. The summed E-state index contributed by atoms with van der Waals surface area (Å²) in [5.74, 6) is 0.290. The van der Waals surface area contributed by atoms with Crippen molar-refractivity contribution in [3.63, 3.8) is 0 Å². The lowest BCUT2D eigenvalue weighted by molar-refractivity contribution is -0.384. The Morgan fingerprint density at radius 1 is 1.50 bits per heavy atom. The molecule has 0 unspecified atom stereocenters. The van der Waals surface area contributed by atoms with Crippen LogP contribution in [0.5, 0.6) is 0 Å². The Kier molecular flexibility index (Phi) is 2.78. The molecule has 0 bridgehead atoms. The zero-order chi connectivity index (χ0) is 11.7. The van der Waals surface area contributed by atoms with E-state index in [1.54, 1.807) is 11.0 Å². The summed E-state index contributed by atoms with van der Waals surface area (Å²) < 4.78 is 0. The topological polar surface area (TPSA) is 63.4 Å². The Morgan fingerprint density at radius 2 is 2.25 bits per heavy atom. The first-order valence-electron chi connectivity index (χ1n) is 4.77. The number of amides is 1. The predicted molar refractivity (Wildman–Crippen MR) is 59.9 cm³/mol. The van der Waals surface area contributed by atoms with Gasteiger partial charge < -0.3 is 4.90 Å². The molecular formula is C10H9ClN2O3. The fourth-order valence-corrected chi connectivity index (χ4v) is 1.98. The molecule has 1 heterocycles. The maximum Gasteiger partial charge on any atom is 0.269 e. The van der Waals surface area contributed by atoms with Gasteiger partial charge in [-0.05, 0) is 11.6 Å². The fourth-order valence-electron chi connectivity index (χ4n) is 1.81. The summed E-state index contributed by atoms with van der Waals surface area (Å²) in [5.41, 5.74) is 1.44. The van der Waals surface area contributed by atoms with E-state index in [-0.39, 0.29) is 18.0 Å². The summed E-state index contributed by atoms with van der Waals surface area (Å²) in [4.78, 5) is 23.3. The van der Waals surface area contributed by atoms with E-state index in [4.69, 9.17) is 11.6 Å². The first-order valence-corrected chi connectivity index (χ1v) is 5.30. The molecule has 0 saturated carbocycles. The number of anilines is 1. The molecule has 0 spiro atoms. The lowest BCUT2D eigenvalue weighted by Crippen LogP contribution is -2.28. The molecule has 0 atom stereocenters. The minimum Gasteiger partial charge on any atom is -0.311 e. The van der Waals surface area contributed by atoms with Crippen LogP contribution in [0.15, 0.2) is 18.2 Å². The van der Waals surface area contributed by atoms with E-state index in [0.717, 1.165) is 5.69 Å². The largest absolute Gasteiger partial charge is 0.311 e. The summed E-state index contributed by atoms with van der Waals surface area (Å²) in [6, 6.07) is 4.45. The van der Waals surface area contributed by atoms with Gasteiger partial charge in [0.1, 0.15) is 0 Å². The average molecular weight is 241 g/mol. The molecule has 0 N–H and O–H groups in total. The van der Waals surface area contributed by atoms with E-state index in [2.05, 4.69) is 0 Å². The molecule has 0 saturated heterocycles. The van der Waals surface area contributed by atoms with Crippen LogP contribution in [0.1, 0.15) is 5.56 Å². The van der Waals surface area contributed by atoms with Gasteiger partial charge in [-0.1, -0.05) is 0 Å². The van der Waals surface area contributed by atoms with Gasteiger partial charge in [-0.15, -0.1) is 11.6 Å². The normalized spacial score (nSPS) is 14.1. The molecule has 0 aliphatic carbocycles. The number of nitrogens with zero attached hydrogens (tertiary/aromatic N) is 2. The smallest absolute Gasteiger partial charge is 0.269 e. The third-order valence-corrected chi connectivity index (χ3v) is 2.68. The third kappa shape index (κ3) is 1.74. The monoisotopic (exact) mass is 240 g/mol. The molecule has 16 heavy (non-hydrogen) atoms. The van der Waals surface area contributed by atoms with Crippen LogP contribution in [0.4, 0.5) is 11.4 Å². The van der Waals surface area contributed by atoms with Crippen LogP contribution in [-0.4, -0.2) is 23.3 Å². The van der Waals surface area contributed by atoms with Gasteiger partial charge in [0, 0.05) is 30.2 Å². The Labute approximate surface area is 96.8 Å². The molecule has 1 aromatic carbocycles. The standard InChI is InChI=1S/C10H9ClN2O3/c11-3-4-12-9-2-1-8(13(15)16)5-7(9)6-10(12)14/h1-2,5H,3-4,6H2. The van der Waals surface area contributed by atoms with Crippen molar-refractivity contribution in [3.8, 4) is 0 Å². The Hall–Kier alpha value is -1.62. The highest BCUT2D eigenvalue weighted by atomic mass is 35.5. The van der Waals surface area contributed by atoms with Gasteiger partial charge in [0.2, 0.25) is 5.91 Å². The lowest BCUT2D eigenvalue weighted by atomic mass is 10.1. The first kappa shape index (κ1) is 10.9. The van der Waals surface area contributed by atoms with Crippen molar-refractivity contribution in [3.05, 3.63) is 33.9 Å². The second-order valence-corrected chi connectivity index (χ2v) is 3.86. The molecule has 0 aromatic heterocycles. The number of hydrogen-bond donors (Lipinski definition) is 0. The molecule has 2 rings (SSSR count). The second kappa shape index (κ2) is 4.09. The number of benzene rings is 1. The van der Waals surface area contributed by atoms with Crippen LogP contribution < -0.4 is 4.90 Å². The molecule has 5 nitrogen and oxygen atoms in total. The number of non-ortho nitro benzene ring substituents is 1. The number of nitro benzene ring substituents is 1. The van der Waals surface area contributed by atoms with Crippen molar-refractivity contribution in [2.24, 2.45) is 0 Å². The molecule has 84 valence electrons. The van der Waals surface area contributed by atoms with Crippen LogP contribution >= 0.6 is 11.6 Å². The van der Waals surface area contributed by atoms with E-state index in [1.165, 1.54) is 12.1 Å².